The first-order chi connectivity index (χ1) is 12.8. The number of hydrogen-bond donors (Lipinski definition) is 1. The Balaban J connectivity index is 1.84. The minimum absolute atomic E-state index is 0.109. The smallest absolute Gasteiger partial charge is 0.259 e. The molecule has 27 heavy (non-hydrogen) atoms. The molecule has 3 aromatic rings. The van der Waals surface area contributed by atoms with E-state index in [1.807, 2.05) is 10.7 Å². The number of nitrogens with two attached hydrogens (primary N) is 1. The maximum Gasteiger partial charge on any atom is 0.259 e. The Bertz CT molecular complexity index is 1170. The number of amides is 1. The average molecular weight is 364 g/mol. The zero-order valence-corrected chi connectivity index (χ0v) is 15.2. The summed E-state index contributed by atoms with van der Waals surface area (Å²) in [5.41, 5.74) is 7.41. The molecule has 1 aliphatic carbocycles. The van der Waals surface area contributed by atoms with Crippen molar-refractivity contribution >= 4 is 16.8 Å². The molecule has 0 unspecified atom stereocenters. The largest absolute Gasteiger partial charge is 0.373 e. The number of aromatic nitrogens is 3. The second-order valence-corrected chi connectivity index (χ2v) is 8.01. The zero-order chi connectivity index (χ0) is 19.0. The van der Waals surface area contributed by atoms with E-state index in [0.29, 0.717) is 17.7 Å². The van der Waals surface area contributed by atoms with E-state index >= 15 is 0 Å². The molecule has 0 spiro atoms. The molecule has 1 saturated carbocycles. The van der Waals surface area contributed by atoms with E-state index in [1.54, 1.807) is 42.1 Å². The van der Waals surface area contributed by atoms with E-state index in [-0.39, 0.29) is 16.7 Å². The van der Waals surface area contributed by atoms with Crippen molar-refractivity contribution in [2.45, 2.75) is 30.9 Å². The van der Waals surface area contributed by atoms with Gasteiger partial charge in [-0.25, -0.2) is 0 Å². The van der Waals surface area contributed by atoms with Gasteiger partial charge in [-0.1, -0.05) is 0 Å². The minimum atomic E-state index is -0.504. The van der Waals surface area contributed by atoms with E-state index in [1.165, 1.54) is 0 Å². The number of ether oxygens (including phenoxy) is 1. The Hall–Kier alpha value is -2.93. The number of pyridine rings is 1. The lowest BCUT2D eigenvalue weighted by atomic mass is 9.69. The molecule has 3 fully saturated rings. The first-order valence-electron chi connectivity index (χ1n) is 8.95. The van der Waals surface area contributed by atoms with Crippen LogP contribution in [-0.4, -0.2) is 32.5 Å². The van der Waals surface area contributed by atoms with Crippen molar-refractivity contribution in [3.05, 3.63) is 52.4 Å². The summed E-state index contributed by atoms with van der Waals surface area (Å²) < 4.78 is 9.45. The maximum atomic E-state index is 12.9. The number of fused-ring (bicyclic) bond motifs is 2. The number of carbonyl (C=O) groups is 1. The van der Waals surface area contributed by atoms with Crippen LogP contribution in [0.25, 0.3) is 22.2 Å². The van der Waals surface area contributed by atoms with Crippen LogP contribution in [0, 0.1) is 0 Å². The summed E-state index contributed by atoms with van der Waals surface area (Å²) in [5.74, 6) is -0.504. The first-order valence-corrected chi connectivity index (χ1v) is 8.95. The number of carbonyl (C=O) groups excluding carboxylic acids is 1. The van der Waals surface area contributed by atoms with Gasteiger partial charge < -0.3 is 15.0 Å². The van der Waals surface area contributed by atoms with Crippen LogP contribution in [0.5, 0.6) is 0 Å². The summed E-state index contributed by atoms with van der Waals surface area (Å²) in [5, 5.41) is 5.57. The summed E-state index contributed by atoms with van der Waals surface area (Å²) >= 11 is 0. The van der Waals surface area contributed by atoms with Crippen LogP contribution in [0.15, 0.2) is 41.3 Å². The molecular formula is C20H20N4O3. The highest BCUT2D eigenvalue weighted by atomic mass is 16.5. The third kappa shape index (κ3) is 2.15. The first kappa shape index (κ1) is 16.3. The highest BCUT2D eigenvalue weighted by Crippen LogP contribution is 2.57. The van der Waals surface area contributed by atoms with Gasteiger partial charge in [-0.15, -0.1) is 0 Å². The van der Waals surface area contributed by atoms with Crippen molar-refractivity contribution in [2.24, 2.45) is 12.8 Å². The Labute approximate surface area is 155 Å². The normalized spacial score (nSPS) is 26.3. The third-order valence-corrected chi connectivity index (χ3v) is 5.88. The molecule has 1 aromatic carbocycles. The summed E-state index contributed by atoms with van der Waals surface area (Å²) in [4.78, 5) is 24.6. The zero-order valence-electron chi connectivity index (χ0n) is 15.2. The van der Waals surface area contributed by atoms with Crippen LogP contribution in [0.4, 0.5) is 0 Å². The molecule has 2 aromatic heterocycles. The molecule has 4 heterocycles. The van der Waals surface area contributed by atoms with Crippen molar-refractivity contribution in [1.82, 2.24) is 14.3 Å². The molecule has 138 valence electrons. The number of hydrogen-bond acceptors (Lipinski definition) is 4. The molecule has 1 amide bonds. The summed E-state index contributed by atoms with van der Waals surface area (Å²) in [7, 11) is 1.72. The lowest BCUT2D eigenvalue weighted by Gasteiger charge is -2.43. The Morgan fingerprint density at radius 3 is 2.74 bits per heavy atom. The van der Waals surface area contributed by atoms with Crippen molar-refractivity contribution in [3.63, 3.8) is 0 Å². The lowest BCUT2D eigenvalue weighted by molar-refractivity contribution is 0.00418. The second kappa shape index (κ2) is 5.07. The second-order valence-electron chi connectivity index (χ2n) is 8.01. The number of rotatable bonds is 3. The third-order valence-electron chi connectivity index (χ3n) is 5.88. The minimum Gasteiger partial charge on any atom is -0.373 e. The van der Waals surface area contributed by atoms with Crippen molar-refractivity contribution in [1.29, 1.82) is 0 Å². The van der Waals surface area contributed by atoms with Crippen molar-refractivity contribution in [2.75, 3.05) is 6.61 Å². The topological polar surface area (TPSA) is 92.1 Å². The molecule has 7 heteroatoms. The van der Waals surface area contributed by atoms with Gasteiger partial charge in [0.05, 0.1) is 34.5 Å². The highest BCUT2D eigenvalue weighted by molar-refractivity contribution is 6.01. The van der Waals surface area contributed by atoms with Gasteiger partial charge in [0.25, 0.3) is 5.56 Å². The van der Waals surface area contributed by atoms with Gasteiger partial charge in [-0.05, 0) is 37.3 Å². The molecule has 2 saturated heterocycles. The molecule has 6 rings (SSSR count). The maximum absolute atomic E-state index is 12.9. The number of aryl methyl sites for hydroxylation is 1. The van der Waals surface area contributed by atoms with Crippen molar-refractivity contribution in [3.8, 4) is 11.3 Å². The predicted molar refractivity (Wildman–Crippen MR) is 100 cm³/mol. The Morgan fingerprint density at radius 1 is 1.30 bits per heavy atom. The van der Waals surface area contributed by atoms with E-state index in [9.17, 15) is 9.59 Å². The van der Waals surface area contributed by atoms with Crippen LogP contribution in [0.1, 0.15) is 30.1 Å². The lowest BCUT2D eigenvalue weighted by Crippen LogP contribution is -2.49. The fourth-order valence-corrected chi connectivity index (χ4v) is 4.68. The van der Waals surface area contributed by atoms with Gasteiger partial charge in [0, 0.05) is 37.0 Å². The fraction of sp³-hybridized carbons (Fsp3) is 0.350. The number of benzene rings is 1. The number of primary amides is 1. The summed E-state index contributed by atoms with van der Waals surface area (Å²) in [6.45, 7) is 2.67. The summed E-state index contributed by atoms with van der Waals surface area (Å²) in [6.07, 6.45) is 3.44. The fourth-order valence-electron chi connectivity index (χ4n) is 4.68. The molecule has 0 radical (unpaired) electrons. The van der Waals surface area contributed by atoms with E-state index in [0.717, 1.165) is 29.4 Å². The predicted octanol–water partition coefficient (Wildman–Crippen LogP) is 1.78. The van der Waals surface area contributed by atoms with Crippen LogP contribution in [0.3, 0.4) is 0 Å². The molecular weight excluding hydrogens is 344 g/mol. The van der Waals surface area contributed by atoms with E-state index in [2.05, 4.69) is 6.92 Å². The van der Waals surface area contributed by atoms with Crippen LogP contribution >= 0.6 is 0 Å². The van der Waals surface area contributed by atoms with Gasteiger partial charge in [-0.3, -0.25) is 14.3 Å². The quantitative estimate of drug-likeness (QED) is 0.767. The van der Waals surface area contributed by atoms with Crippen LogP contribution in [0.2, 0.25) is 0 Å². The molecule has 2 N–H and O–H groups in total. The molecule has 2 aliphatic heterocycles. The highest BCUT2D eigenvalue weighted by Gasteiger charge is 2.62. The monoisotopic (exact) mass is 364 g/mol. The van der Waals surface area contributed by atoms with Gasteiger partial charge in [0.1, 0.15) is 0 Å². The van der Waals surface area contributed by atoms with Crippen molar-refractivity contribution < 1.29 is 9.53 Å². The Morgan fingerprint density at radius 2 is 2.07 bits per heavy atom. The van der Waals surface area contributed by atoms with Gasteiger partial charge in [0.2, 0.25) is 5.91 Å². The van der Waals surface area contributed by atoms with E-state index in [4.69, 9.17) is 15.6 Å². The standard InChI is InChI=1S/C20H20N4O3/c1-19-9-20(10-19,11-27-19)24-16(13-4-3-7-23(2)18(13)26)14-8-12(17(21)25)5-6-15(14)22-24/h3-8H,9-11H2,1-2H3,(H2,21,25). The molecule has 2 bridgehead atoms. The van der Waals surface area contributed by atoms with E-state index < -0.39 is 5.91 Å². The molecule has 7 nitrogen and oxygen atoms in total. The molecule has 0 atom stereocenters. The SMILES string of the molecule is Cn1cccc(-c2c3cc(C(N)=O)ccc3nn2C23COC(C)(C2)C3)c1=O. The molecule has 3 aliphatic rings. The van der Waals surface area contributed by atoms with Crippen LogP contribution in [-0.2, 0) is 17.3 Å². The van der Waals surface area contributed by atoms with Gasteiger partial charge in [0.15, 0.2) is 0 Å². The summed E-state index contributed by atoms with van der Waals surface area (Å²) in [6, 6.07) is 8.82. The average Bonchev–Trinajstić information content (AvgIpc) is 3.25. The van der Waals surface area contributed by atoms with Gasteiger partial charge >= 0.3 is 0 Å². The van der Waals surface area contributed by atoms with Gasteiger partial charge in [-0.2, -0.15) is 5.10 Å². The Kier molecular flexibility index (Phi) is 3.05. The number of nitrogens with zero attached hydrogens (tertiary/aromatic N) is 3. The van der Waals surface area contributed by atoms with Crippen LogP contribution < -0.4 is 11.3 Å².